The van der Waals surface area contributed by atoms with Gasteiger partial charge in [-0.3, -0.25) is 4.57 Å². The molecule has 7 heteroatoms. The van der Waals surface area contributed by atoms with Crippen LogP contribution in [0, 0.1) is 16.1 Å². The molecule has 0 aliphatic carbocycles. The molecule has 98 valence electrons. The van der Waals surface area contributed by atoms with E-state index in [2.05, 4.69) is 16.0 Å². The highest BCUT2D eigenvalue weighted by Crippen LogP contribution is 2.25. The van der Waals surface area contributed by atoms with Gasteiger partial charge in [0.15, 0.2) is 10.4 Å². The van der Waals surface area contributed by atoms with Crippen LogP contribution in [-0.2, 0) is 0 Å². The Bertz CT molecular complexity index is 920. The van der Waals surface area contributed by atoms with Crippen LogP contribution in [-0.4, -0.2) is 14.5 Å². The van der Waals surface area contributed by atoms with Crippen LogP contribution in [0.15, 0.2) is 30.5 Å². The SMILES string of the molecule is N#Cc1ccc(Cl)cc1-n1c(=S)[nH]c2cc(Cl)cnc21. The summed E-state index contributed by atoms with van der Waals surface area (Å²) in [5, 5.41) is 10.2. The fourth-order valence-electron chi connectivity index (χ4n) is 1.98. The van der Waals surface area contributed by atoms with Crippen molar-refractivity contribution in [3.8, 4) is 11.8 Å². The molecule has 20 heavy (non-hydrogen) atoms. The number of fused-ring (bicyclic) bond motifs is 1. The van der Waals surface area contributed by atoms with E-state index in [4.69, 9.17) is 35.4 Å². The summed E-state index contributed by atoms with van der Waals surface area (Å²) in [6, 6.07) is 8.84. The summed E-state index contributed by atoms with van der Waals surface area (Å²) in [6.07, 6.45) is 1.53. The van der Waals surface area contributed by atoms with E-state index in [0.29, 0.717) is 37.2 Å². The van der Waals surface area contributed by atoms with Crippen molar-refractivity contribution in [2.45, 2.75) is 0 Å². The molecule has 0 bridgehead atoms. The second-order valence-electron chi connectivity index (χ2n) is 4.06. The van der Waals surface area contributed by atoms with Crippen LogP contribution in [0.2, 0.25) is 10.0 Å². The lowest BCUT2D eigenvalue weighted by molar-refractivity contribution is 1.04. The van der Waals surface area contributed by atoms with Crippen molar-refractivity contribution in [3.05, 3.63) is 50.8 Å². The van der Waals surface area contributed by atoms with E-state index in [1.807, 2.05) is 0 Å². The van der Waals surface area contributed by atoms with Gasteiger partial charge in [0.2, 0.25) is 0 Å². The summed E-state index contributed by atoms with van der Waals surface area (Å²) in [7, 11) is 0. The van der Waals surface area contributed by atoms with Gasteiger partial charge in [-0.05, 0) is 36.5 Å². The third kappa shape index (κ3) is 2.08. The van der Waals surface area contributed by atoms with Crippen molar-refractivity contribution in [1.29, 1.82) is 5.26 Å². The molecule has 2 heterocycles. The summed E-state index contributed by atoms with van der Waals surface area (Å²) in [4.78, 5) is 7.28. The molecule has 0 radical (unpaired) electrons. The normalized spacial score (nSPS) is 10.7. The number of benzene rings is 1. The van der Waals surface area contributed by atoms with Crippen molar-refractivity contribution in [3.63, 3.8) is 0 Å². The Morgan fingerprint density at radius 2 is 2.05 bits per heavy atom. The van der Waals surface area contributed by atoms with Crippen LogP contribution < -0.4 is 0 Å². The molecular formula is C13H6Cl2N4S. The van der Waals surface area contributed by atoms with Gasteiger partial charge in [-0.2, -0.15) is 5.26 Å². The van der Waals surface area contributed by atoms with E-state index >= 15 is 0 Å². The minimum Gasteiger partial charge on any atom is -0.329 e. The molecule has 0 saturated carbocycles. The Balaban J connectivity index is 2.41. The van der Waals surface area contributed by atoms with E-state index in [0.717, 1.165) is 0 Å². The first-order valence-electron chi connectivity index (χ1n) is 5.56. The molecule has 0 atom stereocenters. The quantitative estimate of drug-likeness (QED) is 0.681. The number of nitriles is 1. The van der Waals surface area contributed by atoms with Crippen molar-refractivity contribution in [2.75, 3.05) is 0 Å². The van der Waals surface area contributed by atoms with Gasteiger partial charge in [0, 0.05) is 11.2 Å². The minimum absolute atomic E-state index is 0.425. The highest BCUT2D eigenvalue weighted by Gasteiger charge is 2.12. The predicted molar refractivity (Wildman–Crippen MR) is 81.0 cm³/mol. The van der Waals surface area contributed by atoms with Crippen molar-refractivity contribution in [1.82, 2.24) is 14.5 Å². The molecule has 4 nitrogen and oxygen atoms in total. The lowest BCUT2D eigenvalue weighted by Gasteiger charge is -2.06. The minimum atomic E-state index is 0.425. The van der Waals surface area contributed by atoms with Crippen molar-refractivity contribution >= 4 is 46.6 Å². The smallest absolute Gasteiger partial charge is 0.184 e. The van der Waals surface area contributed by atoms with E-state index in [1.165, 1.54) is 6.20 Å². The highest BCUT2D eigenvalue weighted by atomic mass is 35.5. The van der Waals surface area contributed by atoms with E-state index < -0.39 is 0 Å². The molecule has 0 unspecified atom stereocenters. The van der Waals surface area contributed by atoms with Crippen molar-refractivity contribution in [2.24, 2.45) is 0 Å². The number of H-pyrrole nitrogens is 1. The number of aromatic nitrogens is 3. The summed E-state index contributed by atoms with van der Waals surface area (Å²) in [5.74, 6) is 0. The summed E-state index contributed by atoms with van der Waals surface area (Å²) in [5.41, 5.74) is 2.35. The maximum Gasteiger partial charge on any atom is 0.184 e. The first-order chi connectivity index (χ1) is 9.60. The number of rotatable bonds is 1. The monoisotopic (exact) mass is 320 g/mol. The number of imidazole rings is 1. The third-order valence-electron chi connectivity index (χ3n) is 2.81. The van der Waals surface area contributed by atoms with Gasteiger partial charge in [0.25, 0.3) is 0 Å². The Morgan fingerprint density at radius 1 is 1.25 bits per heavy atom. The van der Waals surface area contributed by atoms with Crippen molar-refractivity contribution < 1.29 is 0 Å². The van der Waals surface area contributed by atoms with Crippen LogP contribution in [0.3, 0.4) is 0 Å². The van der Waals surface area contributed by atoms with E-state index in [9.17, 15) is 5.26 Å². The molecule has 2 aromatic heterocycles. The zero-order chi connectivity index (χ0) is 14.3. The van der Waals surface area contributed by atoms with E-state index in [-0.39, 0.29) is 0 Å². The third-order valence-corrected chi connectivity index (χ3v) is 3.54. The number of hydrogen-bond acceptors (Lipinski definition) is 3. The molecule has 0 amide bonds. The second kappa shape index (κ2) is 4.91. The Hall–Kier alpha value is -1.87. The van der Waals surface area contributed by atoms with Crippen LogP contribution in [0.25, 0.3) is 16.9 Å². The molecule has 0 aliphatic rings. The Kier molecular flexibility index (Phi) is 3.22. The summed E-state index contributed by atoms with van der Waals surface area (Å²) < 4.78 is 2.10. The van der Waals surface area contributed by atoms with Gasteiger partial charge in [0.1, 0.15) is 6.07 Å². The first-order valence-corrected chi connectivity index (χ1v) is 6.73. The van der Waals surface area contributed by atoms with Gasteiger partial charge < -0.3 is 4.98 Å². The largest absolute Gasteiger partial charge is 0.329 e. The van der Waals surface area contributed by atoms with Crippen LogP contribution in [0.4, 0.5) is 0 Å². The molecular weight excluding hydrogens is 315 g/mol. The fraction of sp³-hybridized carbons (Fsp3) is 0. The zero-order valence-corrected chi connectivity index (χ0v) is 12.2. The molecule has 3 rings (SSSR count). The molecule has 0 saturated heterocycles. The summed E-state index contributed by atoms with van der Waals surface area (Å²) in [6.45, 7) is 0. The van der Waals surface area contributed by atoms with E-state index in [1.54, 1.807) is 28.8 Å². The zero-order valence-electron chi connectivity index (χ0n) is 9.89. The van der Waals surface area contributed by atoms with Gasteiger partial charge in [-0.15, -0.1) is 0 Å². The van der Waals surface area contributed by atoms with Gasteiger partial charge in [0.05, 0.1) is 21.8 Å². The molecule has 0 aliphatic heterocycles. The molecule has 0 spiro atoms. The van der Waals surface area contributed by atoms with Crippen LogP contribution in [0.5, 0.6) is 0 Å². The highest BCUT2D eigenvalue weighted by molar-refractivity contribution is 7.71. The van der Waals surface area contributed by atoms with Gasteiger partial charge in [-0.25, -0.2) is 4.98 Å². The number of pyridine rings is 1. The Morgan fingerprint density at radius 3 is 2.80 bits per heavy atom. The predicted octanol–water partition coefficient (Wildman–Crippen LogP) is 4.26. The molecule has 1 aromatic carbocycles. The summed E-state index contributed by atoms with van der Waals surface area (Å²) >= 11 is 17.2. The standard InChI is InChI=1S/C13H6Cl2N4S/c14-8-2-1-7(5-16)11(4-8)19-12-10(18-13(19)20)3-9(15)6-17-12/h1-4,6H,(H,18,20). The average Bonchev–Trinajstić information content (AvgIpc) is 2.73. The lowest BCUT2D eigenvalue weighted by atomic mass is 10.2. The number of nitrogens with one attached hydrogen (secondary N) is 1. The Labute approximate surface area is 129 Å². The lowest BCUT2D eigenvalue weighted by Crippen LogP contribution is -1.98. The number of nitrogens with zero attached hydrogens (tertiary/aromatic N) is 3. The molecule has 3 aromatic rings. The average molecular weight is 321 g/mol. The first kappa shape index (κ1) is 13.1. The topological polar surface area (TPSA) is 57.4 Å². The second-order valence-corrected chi connectivity index (χ2v) is 5.32. The van der Waals surface area contributed by atoms with Crippen LogP contribution >= 0.6 is 35.4 Å². The number of halogens is 2. The van der Waals surface area contributed by atoms with Gasteiger partial charge in [-0.1, -0.05) is 23.2 Å². The molecule has 0 fully saturated rings. The number of aromatic amines is 1. The maximum atomic E-state index is 9.22. The maximum absolute atomic E-state index is 9.22. The molecule has 1 N–H and O–H groups in total. The van der Waals surface area contributed by atoms with Gasteiger partial charge >= 0.3 is 0 Å². The fourth-order valence-corrected chi connectivity index (χ4v) is 2.60. The van der Waals surface area contributed by atoms with Crippen LogP contribution in [0.1, 0.15) is 5.56 Å². The number of hydrogen-bond donors (Lipinski definition) is 1.